The van der Waals surface area contributed by atoms with Gasteiger partial charge in [0.05, 0.1) is 11.2 Å². The quantitative estimate of drug-likeness (QED) is 0.686. The van der Waals surface area contributed by atoms with E-state index in [0.29, 0.717) is 0 Å². The van der Waals surface area contributed by atoms with Crippen LogP contribution in [0, 0.1) is 20.8 Å². The molecular weight excluding hydrogens is 280 g/mol. The van der Waals surface area contributed by atoms with Gasteiger partial charge in [0, 0.05) is 16.8 Å². The molecule has 1 N–H and O–H groups in total. The average Bonchev–Trinajstić information content (AvgIpc) is 2.98. The summed E-state index contributed by atoms with van der Waals surface area (Å²) in [5, 5.41) is 4.97. The van der Waals surface area contributed by atoms with Crippen molar-refractivity contribution in [2.75, 3.05) is 5.32 Å². The first-order valence-electron chi connectivity index (χ1n) is 8.38. The van der Waals surface area contributed by atoms with Crippen LogP contribution in [0.1, 0.15) is 34.4 Å². The standard InChI is InChI=1S/C21H22N2/c1-13-7-9-18(15(3)11-13)23-21-16-5-4-6-19(16)22-20-10-8-14(2)12-17(20)21/h7-12H,4-6H2,1-3H3,(H,22,23). The summed E-state index contributed by atoms with van der Waals surface area (Å²) in [7, 11) is 0. The van der Waals surface area contributed by atoms with E-state index in [1.807, 2.05) is 0 Å². The second-order valence-corrected chi connectivity index (χ2v) is 6.73. The summed E-state index contributed by atoms with van der Waals surface area (Å²) in [5.74, 6) is 0. The Morgan fingerprint density at radius 1 is 0.913 bits per heavy atom. The molecule has 0 fully saturated rings. The Hall–Kier alpha value is -2.35. The third-order valence-electron chi connectivity index (χ3n) is 4.81. The highest BCUT2D eigenvalue weighted by atomic mass is 14.9. The van der Waals surface area contributed by atoms with Gasteiger partial charge in [-0.2, -0.15) is 0 Å². The second kappa shape index (κ2) is 5.38. The van der Waals surface area contributed by atoms with Crippen LogP contribution in [-0.4, -0.2) is 4.98 Å². The first-order valence-corrected chi connectivity index (χ1v) is 8.38. The maximum atomic E-state index is 4.90. The van der Waals surface area contributed by atoms with Crippen LogP contribution < -0.4 is 5.32 Å². The lowest BCUT2D eigenvalue weighted by atomic mass is 10.0. The van der Waals surface area contributed by atoms with Crippen molar-refractivity contribution >= 4 is 22.3 Å². The second-order valence-electron chi connectivity index (χ2n) is 6.73. The number of hydrogen-bond donors (Lipinski definition) is 1. The highest BCUT2D eigenvalue weighted by Crippen LogP contribution is 2.36. The molecule has 23 heavy (non-hydrogen) atoms. The molecule has 4 rings (SSSR count). The SMILES string of the molecule is Cc1ccc(Nc2c3c(nc4ccc(C)cc24)CCC3)c(C)c1. The van der Waals surface area contributed by atoms with Crippen molar-refractivity contribution < 1.29 is 0 Å². The van der Waals surface area contributed by atoms with Gasteiger partial charge in [-0.25, -0.2) is 0 Å². The van der Waals surface area contributed by atoms with Crippen LogP contribution in [0.2, 0.25) is 0 Å². The van der Waals surface area contributed by atoms with E-state index in [-0.39, 0.29) is 0 Å². The topological polar surface area (TPSA) is 24.9 Å². The molecule has 0 saturated carbocycles. The third kappa shape index (κ3) is 2.48. The Morgan fingerprint density at radius 2 is 1.70 bits per heavy atom. The molecule has 1 aliphatic carbocycles. The monoisotopic (exact) mass is 302 g/mol. The van der Waals surface area contributed by atoms with Gasteiger partial charge in [0.15, 0.2) is 0 Å². The van der Waals surface area contributed by atoms with Crippen LogP contribution in [0.4, 0.5) is 11.4 Å². The summed E-state index contributed by atoms with van der Waals surface area (Å²) in [6.45, 7) is 6.46. The Balaban J connectivity index is 1.92. The lowest BCUT2D eigenvalue weighted by Gasteiger charge is -2.17. The average molecular weight is 302 g/mol. The summed E-state index contributed by atoms with van der Waals surface area (Å²) in [6, 6.07) is 13.1. The van der Waals surface area contributed by atoms with E-state index in [1.165, 1.54) is 51.1 Å². The van der Waals surface area contributed by atoms with E-state index in [4.69, 9.17) is 4.98 Å². The third-order valence-corrected chi connectivity index (χ3v) is 4.81. The molecule has 1 aliphatic rings. The number of fused-ring (bicyclic) bond motifs is 2. The molecule has 0 aliphatic heterocycles. The Bertz CT molecular complexity index is 909. The summed E-state index contributed by atoms with van der Waals surface area (Å²) in [6.07, 6.45) is 3.43. The first kappa shape index (κ1) is 14.3. The molecule has 0 spiro atoms. The largest absolute Gasteiger partial charge is 0.354 e. The van der Waals surface area contributed by atoms with Gasteiger partial charge in [-0.1, -0.05) is 29.3 Å². The van der Waals surface area contributed by atoms with Gasteiger partial charge in [0.25, 0.3) is 0 Å². The van der Waals surface area contributed by atoms with Crippen LogP contribution in [-0.2, 0) is 12.8 Å². The fourth-order valence-corrected chi connectivity index (χ4v) is 3.61. The molecule has 0 unspecified atom stereocenters. The van der Waals surface area contributed by atoms with Crippen LogP contribution >= 0.6 is 0 Å². The molecule has 0 amide bonds. The van der Waals surface area contributed by atoms with Gasteiger partial charge < -0.3 is 5.32 Å². The molecule has 1 heterocycles. The minimum absolute atomic E-state index is 1.10. The van der Waals surface area contributed by atoms with E-state index in [2.05, 4.69) is 62.5 Å². The molecule has 1 aromatic heterocycles. The molecule has 0 radical (unpaired) electrons. The fourth-order valence-electron chi connectivity index (χ4n) is 3.61. The van der Waals surface area contributed by atoms with Gasteiger partial charge in [0.2, 0.25) is 0 Å². The summed E-state index contributed by atoms with van der Waals surface area (Å²) in [5.41, 5.74) is 10.1. The highest BCUT2D eigenvalue weighted by Gasteiger charge is 2.20. The molecule has 0 bridgehead atoms. The van der Waals surface area contributed by atoms with E-state index in [1.54, 1.807) is 0 Å². The van der Waals surface area contributed by atoms with E-state index in [9.17, 15) is 0 Å². The number of anilines is 2. The zero-order valence-electron chi connectivity index (χ0n) is 14.0. The van der Waals surface area contributed by atoms with Crippen LogP contribution in [0.3, 0.4) is 0 Å². The van der Waals surface area contributed by atoms with Crippen molar-refractivity contribution in [1.29, 1.82) is 0 Å². The molecule has 3 aromatic rings. The van der Waals surface area contributed by atoms with Crippen molar-refractivity contribution in [2.24, 2.45) is 0 Å². The van der Waals surface area contributed by atoms with Crippen LogP contribution in [0.5, 0.6) is 0 Å². The maximum Gasteiger partial charge on any atom is 0.0726 e. The zero-order chi connectivity index (χ0) is 16.0. The molecule has 2 aromatic carbocycles. The number of rotatable bonds is 2. The lowest BCUT2D eigenvalue weighted by molar-refractivity contribution is 0.901. The minimum Gasteiger partial charge on any atom is -0.354 e. The summed E-state index contributed by atoms with van der Waals surface area (Å²) in [4.78, 5) is 4.90. The minimum atomic E-state index is 1.10. The molecular formula is C21H22N2. The lowest BCUT2D eigenvalue weighted by Crippen LogP contribution is -2.01. The molecule has 2 nitrogen and oxygen atoms in total. The van der Waals surface area contributed by atoms with Crippen molar-refractivity contribution in [1.82, 2.24) is 4.98 Å². The number of benzene rings is 2. The smallest absolute Gasteiger partial charge is 0.0726 e. The Labute approximate surface area is 137 Å². The van der Waals surface area contributed by atoms with E-state index < -0.39 is 0 Å². The molecule has 0 saturated heterocycles. The Kier molecular flexibility index (Phi) is 3.33. The highest BCUT2D eigenvalue weighted by molar-refractivity contribution is 5.96. The van der Waals surface area contributed by atoms with Crippen LogP contribution in [0.15, 0.2) is 36.4 Å². The first-order chi connectivity index (χ1) is 11.1. The number of nitrogens with zero attached hydrogens (tertiary/aromatic N) is 1. The maximum absolute atomic E-state index is 4.90. The number of aromatic nitrogens is 1. The summed E-state index contributed by atoms with van der Waals surface area (Å²) < 4.78 is 0. The molecule has 2 heteroatoms. The number of nitrogens with one attached hydrogen (secondary N) is 1. The van der Waals surface area contributed by atoms with Gasteiger partial charge in [-0.3, -0.25) is 4.98 Å². The van der Waals surface area contributed by atoms with Crippen molar-refractivity contribution in [3.8, 4) is 0 Å². The van der Waals surface area contributed by atoms with Crippen molar-refractivity contribution in [3.05, 3.63) is 64.3 Å². The number of hydrogen-bond acceptors (Lipinski definition) is 2. The fraction of sp³-hybridized carbons (Fsp3) is 0.286. The molecule has 116 valence electrons. The zero-order valence-corrected chi connectivity index (χ0v) is 14.0. The number of pyridine rings is 1. The summed E-state index contributed by atoms with van der Waals surface area (Å²) >= 11 is 0. The predicted octanol–water partition coefficient (Wildman–Crippen LogP) is 5.39. The number of aryl methyl sites for hydroxylation is 4. The van der Waals surface area contributed by atoms with Gasteiger partial charge in [0.1, 0.15) is 0 Å². The van der Waals surface area contributed by atoms with E-state index in [0.717, 1.165) is 18.4 Å². The predicted molar refractivity (Wildman–Crippen MR) is 97.7 cm³/mol. The Morgan fingerprint density at radius 3 is 2.52 bits per heavy atom. The van der Waals surface area contributed by atoms with E-state index >= 15 is 0 Å². The normalized spacial score (nSPS) is 13.3. The van der Waals surface area contributed by atoms with Gasteiger partial charge in [-0.05, 0) is 69.4 Å². The van der Waals surface area contributed by atoms with Gasteiger partial charge >= 0.3 is 0 Å². The van der Waals surface area contributed by atoms with Crippen LogP contribution in [0.25, 0.3) is 10.9 Å². The van der Waals surface area contributed by atoms with Crippen molar-refractivity contribution in [3.63, 3.8) is 0 Å². The van der Waals surface area contributed by atoms with Gasteiger partial charge in [-0.15, -0.1) is 0 Å². The van der Waals surface area contributed by atoms with Crippen molar-refractivity contribution in [2.45, 2.75) is 40.0 Å². The molecule has 0 atom stereocenters.